The second-order valence-electron chi connectivity index (χ2n) is 3.24. The molecule has 1 N–H and O–H groups in total. The molecule has 1 aromatic rings. The maximum Gasteiger partial charge on any atom is 0.360 e. The van der Waals surface area contributed by atoms with E-state index in [9.17, 15) is 4.79 Å². The highest BCUT2D eigenvalue weighted by Gasteiger charge is 2.15. The van der Waals surface area contributed by atoms with E-state index in [1.54, 1.807) is 31.2 Å². The van der Waals surface area contributed by atoms with Crippen LogP contribution in [-0.4, -0.2) is 42.3 Å². The molecule has 17 heavy (non-hydrogen) atoms. The molecule has 0 aliphatic heterocycles. The summed E-state index contributed by atoms with van der Waals surface area (Å²) in [4.78, 5) is 15.3. The summed E-state index contributed by atoms with van der Waals surface area (Å²) in [6, 6.07) is 3.23. The number of esters is 1. The lowest BCUT2D eigenvalue weighted by Crippen LogP contribution is -2.38. The fourth-order valence-corrected chi connectivity index (χ4v) is 1.30. The number of carbonyl (C=O) groups excluding carboxylic acids is 1. The van der Waals surface area contributed by atoms with Crippen molar-refractivity contribution in [2.24, 2.45) is 0 Å². The second kappa shape index (κ2) is 6.12. The summed E-state index contributed by atoms with van der Waals surface area (Å²) in [5, 5.41) is 1.74. The number of nitrogens with zero attached hydrogens (tertiary/aromatic N) is 2. The van der Waals surface area contributed by atoms with Crippen LogP contribution in [0.3, 0.4) is 0 Å². The first kappa shape index (κ1) is 13.3. The highest BCUT2D eigenvalue weighted by atomic mass is 32.1. The van der Waals surface area contributed by atoms with Crippen LogP contribution in [0.25, 0.3) is 0 Å². The van der Waals surface area contributed by atoms with E-state index in [0.29, 0.717) is 0 Å². The maximum absolute atomic E-state index is 11.4. The van der Waals surface area contributed by atoms with Crippen LogP contribution in [-0.2, 0) is 4.74 Å². The molecule has 7 heteroatoms. The average Bonchev–Trinajstić information content (AvgIpc) is 2.27. The molecule has 0 saturated heterocycles. The second-order valence-corrected chi connectivity index (χ2v) is 3.61. The molecule has 0 atom stereocenters. The molecule has 0 bridgehead atoms. The van der Waals surface area contributed by atoms with Crippen molar-refractivity contribution >= 4 is 23.4 Å². The monoisotopic (exact) mass is 255 g/mol. The van der Waals surface area contributed by atoms with Crippen LogP contribution < -0.4 is 10.2 Å². The summed E-state index contributed by atoms with van der Waals surface area (Å²) in [5.74, 6) is -0.327. The van der Waals surface area contributed by atoms with Crippen molar-refractivity contribution in [3.8, 4) is 5.75 Å². The number of rotatable bonds is 3. The Hall–Kier alpha value is -1.73. The lowest BCUT2D eigenvalue weighted by Gasteiger charge is -2.15. The van der Waals surface area contributed by atoms with Crippen LogP contribution in [0.4, 0.5) is 0 Å². The molecule has 0 amide bonds. The van der Waals surface area contributed by atoms with Crippen LogP contribution in [0, 0.1) is 0 Å². The van der Waals surface area contributed by atoms with E-state index in [2.05, 4.69) is 15.1 Å². The molecule has 0 spiro atoms. The molecule has 0 saturated carbocycles. The molecule has 0 unspecified atom stereocenters. The number of ether oxygens (including phenoxy) is 2. The van der Waals surface area contributed by atoms with Gasteiger partial charge in [0.15, 0.2) is 11.4 Å². The Bertz CT molecular complexity index is 423. The summed E-state index contributed by atoms with van der Waals surface area (Å²) in [5.41, 5.74) is 2.82. The van der Waals surface area contributed by atoms with Crippen LogP contribution in [0.5, 0.6) is 5.75 Å². The molecule has 0 aliphatic rings. The van der Waals surface area contributed by atoms with Gasteiger partial charge in [0, 0.05) is 20.3 Å². The van der Waals surface area contributed by atoms with Gasteiger partial charge in [-0.2, -0.15) is 0 Å². The van der Waals surface area contributed by atoms with Crippen molar-refractivity contribution in [3.63, 3.8) is 0 Å². The zero-order valence-corrected chi connectivity index (χ0v) is 10.6. The maximum atomic E-state index is 11.4. The Morgan fingerprint density at radius 3 is 2.82 bits per heavy atom. The van der Waals surface area contributed by atoms with E-state index in [-0.39, 0.29) is 16.6 Å². The average molecular weight is 255 g/mol. The van der Waals surface area contributed by atoms with E-state index in [1.165, 1.54) is 13.3 Å². The van der Waals surface area contributed by atoms with Gasteiger partial charge in [-0.1, -0.05) is 0 Å². The number of methoxy groups -OCH3 is 1. The van der Waals surface area contributed by atoms with Gasteiger partial charge in [0.05, 0.1) is 7.11 Å². The number of pyridine rings is 1. The first-order valence-corrected chi connectivity index (χ1v) is 5.14. The van der Waals surface area contributed by atoms with Gasteiger partial charge in [0.1, 0.15) is 0 Å². The number of hydrogen-bond donors (Lipinski definition) is 1. The molecule has 1 rings (SSSR count). The fourth-order valence-electron chi connectivity index (χ4n) is 1.03. The van der Waals surface area contributed by atoms with Crippen molar-refractivity contribution in [2.45, 2.75) is 0 Å². The van der Waals surface area contributed by atoms with Crippen molar-refractivity contribution in [1.29, 1.82) is 0 Å². The molecule has 0 aliphatic carbocycles. The molecule has 0 fully saturated rings. The molecule has 6 nitrogen and oxygen atoms in total. The van der Waals surface area contributed by atoms with Gasteiger partial charge in [-0.3, -0.25) is 5.43 Å². The zero-order valence-electron chi connectivity index (χ0n) is 9.76. The summed E-state index contributed by atoms with van der Waals surface area (Å²) >= 11 is 4.94. The number of hydrazine groups is 1. The van der Waals surface area contributed by atoms with Gasteiger partial charge in [-0.25, -0.2) is 14.8 Å². The fraction of sp³-hybridized carbons (Fsp3) is 0.300. The van der Waals surface area contributed by atoms with E-state index in [4.69, 9.17) is 17.0 Å². The minimum atomic E-state index is -0.576. The SMILES string of the molecule is COC(=O)c1ncccc1OC(=S)NN(C)C. The highest BCUT2D eigenvalue weighted by molar-refractivity contribution is 7.80. The van der Waals surface area contributed by atoms with Crippen LogP contribution in [0.1, 0.15) is 10.5 Å². The predicted octanol–water partition coefficient (Wildman–Crippen LogP) is 0.598. The van der Waals surface area contributed by atoms with E-state index in [0.717, 1.165) is 0 Å². The van der Waals surface area contributed by atoms with Crippen LogP contribution in [0.15, 0.2) is 18.3 Å². The Morgan fingerprint density at radius 1 is 1.53 bits per heavy atom. The van der Waals surface area contributed by atoms with Crippen molar-refractivity contribution in [2.75, 3.05) is 21.2 Å². The number of aromatic nitrogens is 1. The van der Waals surface area contributed by atoms with Crippen molar-refractivity contribution < 1.29 is 14.3 Å². The van der Waals surface area contributed by atoms with Crippen LogP contribution in [0.2, 0.25) is 0 Å². The molecule has 0 aromatic carbocycles. The molecular formula is C10H13N3O3S. The van der Waals surface area contributed by atoms with Crippen LogP contribution >= 0.6 is 12.2 Å². The standard InChI is InChI=1S/C10H13N3O3S/c1-13(2)12-10(17)16-7-5-4-6-11-8(7)9(14)15-3/h4-6H,1-3H3,(H,12,17). The Kier molecular flexibility index (Phi) is 4.80. The van der Waals surface area contributed by atoms with Gasteiger partial charge < -0.3 is 9.47 Å². The Morgan fingerprint density at radius 2 is 2.24 bits per heavy atom. The van der Waals surface area contributed by atoms with Gasteiger partial charge >= 0.3 is 5.97 Å². The smallest absolute Gasteiger partial charge is 0.360 e. The van der Waals surface area contributed by atoms with Gasteiger partial charge in [-0.05, 0) is 24.4 Å². The van der Waals surface area contributed by atoms with E-state index < -0.39 is 5.97 Å². The van der Waals surface area contributed by atoms with E-state index >= 15 is 0 Å². The van der Waals surface area contributed by atoms with Gasteiger partial charge in [0.25, 0.3) is 5.17 Å². The molecule has 92 valence electrons. The highest BCUT2D eigenvalue weighted by Crippen LogP contribution is 2.16. The molecule has 1 heterocycles. The van der Waals surface area contributed by atoms with Gasteiger partial charge in [-0.15, -0.1) is 0 Å². The summed E-state index contributed by atoms with van der Waals surface area (Å²) in [7, 11) is 4.80. The molecule has 0 radical (unpaired) electrons. The lowest BCUT2D eigenvalue weighted by molar-refractivity contribution is 0.0591. The van der Waals surface area contributed by atoms with Crippen molar-refractivity contribution in [3.05, 3.63) is 24.0 Å². The first-order chi connectivity index (χ1) is 8.04. The topological polar surface area (TPSA) is 63.7 Å². The molecular weight excluding hydrogens is 242 g/mol. The first-order valence-electron chi connectivity index (χ1n) is 4.73. The lowest BCUT2D eigenvalue weighted by atomic mass is 10.3. The summed E-state index contributed by atoms with van der Waals surface area (Å²) in [6.07, 6.45) is 1.47. The largest absolute Gasteiger partial charge is 0.464 e. The Labute approximate surface area is 105 Å². The molecule has 1 aromatic heterocycles. The third-order valence-corrected chi connectivity index (χ3v) is 1.84. The number of carbonyl (C=O) groups is 1. The normalized spacial score (nSPS) is 9.88. The quantitative estimate of drug-likeness (QED) is 0.482. The minimum Gasteiger partial charge on any atom is -0.464 e. The summed E-state index contributed by atoms with van der Waals surface area (Å²) in [6.45, 7) is 0. The number of thiocarbonyl (C=S) groups is 1. The number of hydrogen-bond acceptors (Lipinski definition) is 6. The van der Waals surface area contributed by atoms with Gasteiger partial charge in [0.2, 0.25) is 0 Å². The zero-order chi connectivity index (χ0) is 12.8. The third kappa shape index (κ3) is 3.97. The minimum absolute atomic E-state index is 0.0814. The summed E-state index contributed by atoms with van der Waals surface area (Å²) < 4.78 is 9.88. The van der Waals surface area contributed by atoms with E-state index in [1.807, 2.05) is 0 Å². The predicted molar refractivity (Wildman–Crippen MR) is 65.6 cm³/mol. The Balaban J connectivity index is 2.83. The third-order valence-electron chi connectivity index (χ3n) is 1.67. The number of nitrogens with one attached hydrogen (secondary N) is 1. The van der Waals surface area contributed by atoms with Crippen molar-refractivity contribution in [1.82, 2.24) is 15.4 Å².